The maximum Gasteiger partial charge on any atom is 0.127 e. The largest absolute Gasteiger partial charge is 0.326 e. The number of rotatable bonds is 4. The van der Waals surface area contributed by atoms with Crippen LogP contribution < -0.4 is 5.73 Å². The van der Waals surface area contributed by atoms with E-state index >= 15 is 0 Å². The average Bonchev–Trinajstić information content (AvgIpc) is 2.41. The van der Waals surface area contributed by atoms with Crippen molar-refractivity contribution >= 4 is 10.8 Å². The minimum atomic E-state index is -1.25. The molecule has 0 heterocycles. The second-order valence-electron chi connectivity index (χ2n) is 4.44. The molecule has 0 saturated carbocycles. The normalized spacial score (nSPS) is 12.4. The Labute approximate surface area is 114 Å². The Morgan fingerprint density at radius 2 is 2.00 bits per heavy atom. The van der Waals surface area contributed by atoms with Crippen molar-refractivity contribution in [2.24, 2.45) is 5.73 Å². The van der Waals surface area contributed by atoms with Crippen molar-refractivity contribution in [3.8, 4) is 0 Å². The molecule has 0 spiro atoms. The van der Waals surface area contributed by atoms with Crippen LogP contribution in [0, 0.1) is 12.7 Å². The van der Waals surface area contributed by atoms with Crippen molar-refractivity contribution in [1.29, 1.82) is 0 Å². The molecule has 1 atom stereocenters. The van der Waals surface area contributed by atoms with Gasteiger partial charge in [0.05, 0.1) is 16.6 Å². The van der Waals surface area contributed by atoms with Crippen molar-refractivity contribution < 1.29 is 8.60 Å². The van der Waals surface area contributed by atoms with Gasteiger partial charge in [-0.25, -0.2) is 4.39 Å². The fourth-order valence-electron chi connectivity index (χ4n) is 1.85. The lowest BCUT2D eigenvalue weighted by Gasteiger charge is -2.07. The molecular weight excluding hydrogens is 261 g/mol. The average molecular weight is 277 g/mol. The van der Waals surface area contributed by atoms with Crippen LogP contribution in [0.4, 0.5) is 4.39 Å². The van der Waals surface area contributed by atoms with Crippen LogP contribution in [0.3, 0.4) is 0 Å². The van der Waals surface area contributed by atoms with Crippen molar-refractivity contribution in [3.05, 3.63) is 65.0 Å². The van der Waals surface area contributed by atoms with E-state index in [0.717, 1.165) is 16.0 Å². The van der Waals surface area contributed by atoms with Crippen LogP contribution in [-0.4, -0.2) is 4.21 Å². The predicted octanol–water partition coefficient (Wildman–Crippen LogP) is 2.90. The van der Waals surface area contributed by atoms with Crippen molar-refractivity contribution in [3.63, 3.8) is 0 Å². The monoisotopic (exact) mass is 277 g/mol. The summed E-state index contributed by atoms with van der Waals surface area (Å²) in [7, 11) is -1.25. The molecule has 2 aromatic carbocycles. The highest BCUT2D eigenvalue weighted by atomic mass is 32.2. The second-order valence-corrected chi connectivity index (χ2v) is 5.89. The number of hydrogen-bond acceptors (Lipinski definition) is 2. The van der Waals surface area contributed by atoms with Crippen LogP contribution in [0.2, 0.25) is 0 Å². The first kappa shape index (κ1) is 13.9. The lowest BCUT2D eigenvalue weighted by molar-refractivity contribution is 0.614. The van der Waals surface area contributed by atoms with Gasteiger partial charge in [-0.3, -0.25) is 4.21 Å². The molecule has 2 rings (SSSR count). The molecule has 0 radical (unpaired) electrons. The number of benzene rings is 2. The minimum absolute atomic E-state index is 0.170. The molecule has 2 nitrogen and oxygen atoms in total. The second kappa shape index (κ2) is 6.08. The van der Waals surface area contributed by atoms with E-state index in [0.29, 0.717) is 12.1 Å². The van der Waals surface area contributed by atoms with Gasteiger partial charge in [0, 0.05) is 17.0 Å². The molecule has 1 unspecified atom stereocenters. The van der Waals surface area contributed by atoms with Crippen molar-refractivity contribution in [2.45, 2.75) is 24.1 Å². The Morgan fingerprint density at radius 3 is 2.68 bits per heavy atom. The van der Waals surface area contributed by atoms with Gasteiger partial charge >= 0.3 is 0 Å². The quantitative estimate of drug-likeness (QED) is 0.933. The molecule has 19 heavy (non-hydrogen) atoms. The zero-order valence-corrected chi connectivity index (χ0v) is 11.5. The molecule has 4 heteroatoms. The van der Waals surface area contributed by atoms with Gasteiger partial charge in [0.1, 0.15) is 5.82 Å². The summed E-state index contributed by atoms with van der Waals surface area (Å²) >= 11 is 0. The van der Waals surface area contributed by atoms with Crippen molar-refractivity contribution in [1.82, 2.24) is 0 Å². The molecule has 0 aromatic heterocycles. The highest BCUT2D eigenvalue weighted by Gasteiger charge is 2.10. The van der Waals surface area contributed by atoms with Gasteiger partial charge in [-0.05, 0) is 36.2 Å². The third-order valence-corrected chi connectivity index (χ3v) is 4.24. The Balaban J connectivity index is 2.23. The molecule has 0 aliphatic heterocycles. The highest BCUT2D eigenvalue weighted by molar-refractivity contribution is 7.84. The number of nitrogens with two attached hydrogens (primary N) is 1. The summed E-state index contributed by atoms with van der Waals surface area (Å²) in [5, 5.41) is 0. The summed E-state index contributed by atoms with van der Waals surface area (Å²) in [6, 6.07) is 12.2. The van der Waals surface area contributed by atoms with E-state index in [1.165, 1.54) is 6.07 Å². The summed E-state index contributed by atoms with van der Waals surface area (Å²) in [6.07, 6.45) is 0. The van der Waals surface area contributed by atoms with E-state index in [9.17, 15) is 8.60 Å². The Kier molecular flexibility index (Phi) is 4.45. The summed E-state index contributed by atoms with van der Waals surface area (Å²) in [6.45, 7) is 2.29. The maximum atomic E-state index is 13.7. The van der Waals surface area contributed by atoms with Gasteiger partial charge < -0.3 is 5.73 Å². The SMILES string of the molecule is Cc1cccc(S(=O)Cc2cc(CN)ccc2F)c1. The molecule has 2 N–H and O–H groups in total. The number of hydrogen-bond donors (Lipinski definition) is 1. The fraction of sp³-hybridized carbons (Fsp3) is 0.200. The van der Waals surface area contributed by atoms with Crippen molar-refractivity contribution in [2.75, 3.05) is 0 Å². The molecule has 0 bridgehead atoms. The standard InChI is InChI=1S/C15H16FNOS/c1-11-3-2-4-14(7-11)19(18)10-13-8-12(9-17)5-6-15(13)16/h2-8H,9-10,17H2,1H3. The van der Waals surface area contributed by atoms with Crippen LogP contribution in [-0.2, 0) is 23.1 Å². The summed E-state index contributed by atoms with van der Waals surface area (Å²) in [4.78, 5) is 0.720. The van der Waals surface area contributed by atoms with Crippen LogP contribution in [0.25, 0.3) is 0 Å². The van der Waals surface area contributed by atoms with Gasteiger partial charge in [-0.15, -0.1) is 0 Å². The summed E-state index contributed by atoms with van der Waals surface area (Å²) < 4.78 is 25.9. The number of aryl methyl sites for hydroxylation is 1. The lowest BCUT2D eigenvalue weighted by atomic mass is 10.1. The van der Waals surface area contributed by atoms with Gasteiger partial charge in [0.2, 0.25) is 0 Å². The molecule has 2 aromatic rings. The third kappa shape index (κ3) is 3.49. The van der Waals surface area contributed by atoms with E-state index in [4.69, 9.17) is 5.73 Å². The van der Waals surface area contributed by atoms with E-state index in [1.807, 2.05) is 25.1 Å². The Bertz CT molecular complexity index is 613. The zero-order chi connectivity index (χ0) is 13.8. The van der Waals surface area contributed by atoms with Gasteiger partial charge in [-0.1, -0.05) is 24.3 Å². The summed E-state index contributed by atoms with van der Waals surface area (Å²) in [5.74, 6) is -0.165. The third-order valence-electron chi connectivity index (χ3n) is 2.88. The first-order valence-corrected chi connectivity index (χ1v) is 7.34. The highest BCUT2D eigenvalue weighted by Crippen LogP contribution is 2.17. The molecule has 0 saturated heterocycles. The smallest absolute Gasteiger partial charge is 0.127 e. The molecule has 0 aliphatic carbocycles. The van der Waals surface area contributed by atoms with Crippen LogP contribution >= 0.6 is 0 Å². The van der Waals surface area contributed by atoms with Crippen LogP contribution in [0.15, 0.2) is 47.4 Å². The maximum absolute atomic E-state index is 13.7. The topological polar surface area (TPSA) is 43.1 Å². The molecular formula is C15H16FNOS. The first-order valence-electron chi connectivity index (χ1n) is 6.02. The fourth-order valence-corrected chi connectivity index (χ4v) is 3.07. The van der Waals surface area contributed by atoms with E-state index in [2.05, 4.69) is 0 Å². The molecule has 0 amide bonds. The van der Waals surface area contributed by atoms with Gasteiger partial charge in [0.25, 0.3) is 0 Å². The Hall–Kier alpha value is -1.52. The first-order chi connectivity index (χ1) is 9.10. The predicted molar refractivity (Wildman–Crippen MR) is 75.6 cm³/mol. The van der Waals surface area contributed by atoms with E-state index in [-0.39, 0.29) is 11.6 Å². The van der Waals surface area contributed by atoms with Crippen LogP contribution in [0.5, 0.6) is 0 Å². The van der Waals surface area contributed by atoms with Gasteiger partial charge in [-0.2, -0.15) is 0 Å². The van der Waals surface area contributed by atoms with Crippen LogP contribution in [0.1, 0.15) is 16.7 Å². The molecule has 0 aliphatic rings. The molecule has 0 fully saturated rings. The molecule has 100 valence electrons. The van der Waals surface area contributed by atoms with E-state index in [1.54, 1.807) is 18.2 Å². The number of halogens is 1. The van der Waals surface area contributed by atoms with E-state index < -0.39 is 10.8 Å². The van der Waals surface area contributed by atoms with Gasteiger partial charge in [0.15, 0.2) is 0 Å². The minimum Gasteiger partial charge on any atom is -0.326 e. The Morgan fingerprint density at radius 1 is 1.21 bits per heavy atom. The zero-order valence-electron chi connectivity index (χ0n) is 10.7. The lowest BCUT2D eigenvalue weighted by Crippen LogP contribution is -2.03. The summed E-state index contributed by atoms with van der Waals surface area (Å²) in [5.41, 5.74) is 7.87.